The van der Waals surface area contributed by atoms with E-state index in [4.69, 9.17) is 4.84 Å². The highest BCUT2D eigenvalue weighted by Crippen LogP contribution is 2.22. The fourth-order valence-electron chi connectivity index (χ4n) is 0.751. The van der Waals surface area contributed by atoms with E-state index in [0.29, 0.717) is 0 Å². The van der Waals surface area contributed by atoms with Crippen LogP contribution in [0.25, 0.3) is 0 Å². The minimum atomic E-state index is 0.0833. The topological polar surface area (TPSA) is 24.5 Å². The van der Waals surface area contributed by atoms with Gasteiger partial charge in [-0.25, -0.2) is 0 Å². The molecule has 0 bridgehead atoms. The first-order valence-corrected chi connectivity index (χ1v) is 3.45. The van der Waals surface area contributed by atoms with Crippen molar-refractivity contribution in [3.8, 4) is 0 Å². The highest BCUT2D eigenvalue weighted by Gasteiger charge is 2.21. The van der Waals surface area contributed by atoms with E-state index in [9.17, 15) is 0 Å². The van der Waals surface area contributed by atoms with Crippen molar-refractivity contribution in [2.24, 2.45) is 0 Å². The number of nitrogens with one attached hydrogen (secondary N) is 1. The number of rotatable bonds is 0. The molecule has 0 aromatic heterocycles. The molecule has 4 heteroatoms. The molecule has 2 aliphatic rings. The number of fused-ring (bicyclic) bond motifs is 1. The van der Waals surface area contributed by atoms with E-state index in [1.54, 1.807) is 0 Å². The van der Waals surface area contributed by atoms with Gasteiger partial charge in [0.05, 0.1) is 12.1 Å². The Labute approximate surface area is 57.6 Å². The molecule has 0 aromatic carbocycles. The molecule has 2 heterocycles. The SMILES string of the molecule is C1=CC2ONSN2C=C1. The average Bonchev–Trinajstić information content (AvgIpc) is 2.33. The summed E-state index contributed by atoms with van der Waals surface area (Å²) >= 11 is 1.45. The summed E-state index contributed by atoms with van der Waals surface area (Å²) in [6.45, 7) is 0. The molecule has 0 aliphatic carbocycles. The second-order valence-electron chi connectivity index (χ2n) is 1.77. The normalized spacial score (nSPS) is 31.1. The number of hydrogen-bond acceptors (Lipinski definition) is 4. The molecule has 1 saturated heterocycles. The van der Waals surface area contributed by atoms with Crippen molar-refractivity contribution < 1.29 is 4.84 Å². The molecule has 1 unspecified atom stereocenters. The predicted molar refractivity (Wildman–Crippen MR) is 35.7 cm³/mol. The van der Waals surface area contributed by atoms with Gasteiger partial charge in [0, 0.05) is 6.20 Å². The molecule has 0 saturated carbocycles. The maximum Gasteiger partial charge on any atom is 0.181 e. The van der Waals surface area contributed by atoms with Crippen LogP contribution in [-0.2, 0) is 4.84 Å². The fraction of sp³-hybridized carbons (Fsp3) is 0.200. The van der Waals surface area contributed by atoms with Crippen LogP contribution in [0.15, 0.2) is 24.4 Å². The maximum atomic E-state index is 5.06. The van der Waals surface area contributed by atoms with E-state index in [0.717, 1.165) is 0 Å². The third kappa shape index (κ3) is 0.849. The Morgan fingerprint density at radius 2 is 2.56 bits per heavy atom. The summed E-state index contributed by atoms with van der Waals surface area (Å²) in [5.41, 5.74) is 0. The van der Waals surface area contributed by atoms with Crippen molar-refractivity contribution in [1.82, 2.24) is 9.19 Å². The Bertz CT molecular complexity index is 150. The Morgan fingerprint density at radius 3 is 3.44 bits per heavy atom. The first-order valence-electron chi connectivity index (χ1n) is 2.68. The van der Waals surface area contributed by atoms with Crippen LogP contribution in [0.3, 0.4) is 0 Å². The molecule has 3 nitrogen and oxygen atoms in total. The molecular weight excluding hydrogens is 136 g/mol. The summed E-state index contributed by atoms with van der Waals surface area (Å²) in [6.07, 6.45) is 7.97. The largest absolute Gasteiger partial charge is 0.276 e. The molecule has 1 N–H and O–H groups in total. The third-order valence-corrected chi connectivity index (χ3v) is 1.89. The Hall–Kier alpha value is -0.450. The van der Waals surface area contributed by atoms with Crippen LogP contribution in [0.2, 0.25) is 0 Å². The van der Waals surface area contributed by atoms with Gasteiger partial charge in [0.1, 0.15) is 0 Å². The predicted octanol–water partition coefficient (Wildman–Crippen LogP) is 0.796. The number of hydrogen-bond donors (Lipinski definition) is 1. The molecule has 2 aliphatic heterocycles. The zero-order valence-electron chi connectivity index (χ0n) is 4.65. The van der Waals surface area contributed by atoms with Gasteiger partial charge in [-0.2, -0.15) is 0 Å². The van der Waals surface area contributed by atoms with E-state index in [1.807, 2.05) is 28.7 Å². The first kappa shape index (κ1) is 5.34. The molecule has 0 radical (unpaired) electrons. The zero-order chi connectivity index (χ0) is 6.10. The van der Waals surface area contributed by atoms with Gasteiger partial charge in [0.15, 0.2) is 6.23 Å². The van der Waals surface area contributed by atoms with Crippen LogP contribution in [0.1, 0.15) is 0 Å². The standard InChI is InChI=1S/C5H6N2OS/c1-2-4-7-5(3-1)8-6-9-7/h1-6H. The minimum absolute atomic E-state index is 0.0833. The van der Waals surface area contributed by atoms with Gasteiger partial charge < -0.3 is 0 Å². The van der Waals surface area contributed by atoms with Crippen molar-refractivity contribution in [3.05, 3.63) is 24.4 Å². The van der Waals surface area contributed by atoms with E-state index in [-0.39, 0.29) is 6.23 Å². The number of allylic oxidation sites excluding steroid dienone is 2. The highest BCUT2D eigenvalue weighted by molar-refractivity contribution is 7.95. The zero-order valence-corrected chi connectivity index (χ0v) is 5.47. The van der Waals surface area contributed by atoms with Crippen LogP contribution in [-0.4, -0.2) is 10.5 Å². The van der Waals surface area contributed by atoms with Gasteiger partial charge in [-0.15, -0.1) is 4.89 Å². The van der Waals surface area contributed by atoms with Crippen molar-refractivity contribution in [2.75, 3.05) is 0 Å². The lowest BCUT2D eigenvalue weighted by atomic mass is 10.4. The van der Waals surface area contributed by atoms with Gasteiger partial charge in [0.2, 0.25) is 0 Å². The molecule has 0 amide bonds. The van der Waals surface area contributed by atoms with Gasteiger partial charge >= 0.3 is 0 Å². The Balaban J connectivity index is 2.18. The smallest absolute Gasteiger partial charge is 0.181 e. The summed E-state index contributed by atoms with van der Waals surface area (Å²) in [6, 6.07) is 0. The molecule has 9 heavy (non-hydrogen) atoms. The fourth-order valence-corrected chi connectivity index (χ4v) is 1.33. The van der Waals surface area contributed by atoms with Gasteiger partial charge in [-0.05, 0) is 12.2 Å². The second-order valence-corrected chi connectivity index (χ2v) is 2.54. The quantitative estimate of drug-likeness (QED) is 0.505. The van der Waals surface area contributed by atoms with Gasteiger partial charge in [-0.1, -0.05) is 6.08 Å². The minimum Gasteiger partial charge on any atom is -0.276 e. The van der Waals surface area contributed by atoms with Crippen LogP contribution in [0, 0.1) is 0 Å². The van der Waals surface area contributed by atoms with E-state index in [1.165, 1.54) is 12.1 Å². The van der Waals surface area contributed by atoms with Crippen LogP contribution >= 0.6 is 12.1 Å². The van der Waals surface area contributed by atoms with Crippen molar-refractivity contribution in [3.63, 3.8) is 0 Å². The maximum absolute atomic E-state index is 5.06. The highest BCUT2D eigenvalue weighted by atomic mass is 32.2. The van der Waals surface area contributed by atoms with E-state index < -0.39 is 0 Å². The van der Waals surface area contributed by atoms with Gasteiger partial charge in [-0.3, -0.25) is 9.14 Å². The van der Waals surface area contributed by atoms with Crippen molar-refractivity contribution in [1.29, 1.82) is 0 Å². The molecule has 0 aromatic rings. The summed E-state index contributed by atoms with van der Waals surface area (Å²) < 4.78 is 1.99. The summed E-state index contributed by atoms with van der Waals surface area (Å²) in [5, 5.41) is 0. The lowest BCUT2D eigenvalue weighted by molar-refractivity contribution is 0.0364. The van der Waals surface area contributed by atoms with Crippen LogP contribution < -0.4 is 4.89 Å². The lowest BCUT2D eigenvalue weighted by Gasteiger charge is -2.15. The third-order valence-electron chi connectivity index (χ3n) is 1.18. The summed E-state index contributed by atoms with van der Waals surface area (Å²) in [5.74, 6) is 0. The van der Waals surface area contributed by atoms with Crippen LogP contribution in [0.4, 0.5) is 0 Å². The molecular formula is C5H6N2OS. The van der Waals surface area contributed by atoms with Gasteiger partial charge in [0.25, 0.3) is 0 Å². The number of nitrogens with zero attached hydrogens (tertiary/aromatic N) is 1. The molecule has 2 rings (SSSR count). The Kier molecular flexibility index (Phi) is 1.22. The van der Waals surface area contributed by atoms with Crippen LogP contribution in [0.5, 0.6) is 0 Å². The van der Waals surface area contributed by atoms with E-state index in [2.05, 4.69) is 4.89 Å². The molecule has 48 valence electrons. The first-order chi connectivity index (χ1) is 4.47. The Morgan fingerprint density at radius 1 is 1.56 bits per heavy atom. The summed E-state index contributed by atoms with van der Waals surface area (Å²) in [7, 11) is 0. The molecule has 1 fully saturated rings. The summed E-state index contributed by atoms with van der Waals surface area (Å²) in [4.78, 5) is 7.76. The lowest BCUT2D eigenvalue weighted by Crippen LogP contribution is -2.19. The van der Waals surface area contributed by atoms with E-state index >= 15 is 0 Å². The second kappa shape index (κ2) is 2.06. The average molecular weight is 142 g/mol. The van der Waals surface area contributed by atoms with Crippen molar-refractivity contribution in [2.45, 2.75) is 6.23 Å². The molecule has 0 spiro atoms. The molecule has 1 atom stereocenters. The van der Waals surface area contributed by atoms with Crippen molar-refractivity contribution >= 4 is 12.1 Å². The monoisotopic (exact) mass is 142 g/mol.